The third kappa shape index (κ3) is 2.02. The van der Waals surface area contributed by atoms with Crippen molar-refractivity contribution in [2.75, 3.05) is 7.11 Å². The Morgan fingerprint density at radius 2 is 1.85 bits per heavy atom. The summed E-state index contributed by atoms with van der Waals surface area (Å²) in [6, 6.07) is 9.60. The first-order valence-corrected chi connectivity index (χ1v) is 6.65. The van der Waals surface area contributed by atoms with E-state index in [-0.39, 0.29) is 0 Å². The first-order chi connectivity index (χ1) is 9.60. The van der Waals surface area contributed by atoms with E-state index in [2.05, 4.69) is 10.1 Å². The molecule has 0 amide bonds. The molecule has 0 bridgehead atoms. The van der Waals surface area contributed by atoms with Gasteiger partial charge >= 0.3 is 0 Å². The van der Waals surface area contributed by atoms with Gasteiger partial charge in [-0.3, -0.25) is 0 Å². The van der Waals surface area contributed by atoms with Gasteiger partial charge in [0, 0.05) is 16.8 Å². The van der Waals surface area contributed by atoms with E-state index in [0.29, 0.717) is 5.15 Å². The molecule has 0 saturated carbocycles. The van der Waals surface area contributed by atoms with Crippen LogP contribution in [0.1, 0.15) is 11.3 Å². The standard InChI is InChI=1S/C15H14ClN3O/c1-9-8-13(16)19-15(17-9)10(2)14(18-19)11-4-6-12(20-3)7-5-11/h4-8H,1-3H3. The number of fused-ring (bicyclic) bond motifs is 1. The van der Waals surface area contributed by atoms with Crippen LogP contribution in [0.2, 0.25) is 5.15 Å². The first kappa shape index (κ1) is 12.9. The van der Waals surface area contributed by atoms with Crippen molar-refractivity contribution >= 4 is 17.2 Å². The van der Waals surface area contributed by atoms with Crippen LogP contribution >= 0.6 is 11.6 Å². The molecule has 0 spiro atoms. The van der Waals surface area contributed by atoms with Crippen molar-refractivity contribution in [1.82, 2.24) is 14.6 Å². The van der Waals surface area contributed by atoms with Crippen LogP contribution in [0.4, 0.5) is 0 Å². The maximum absolute atomic E-state index is 6.22. The van der Waals surface area contributed by atoms with Crippen molar-refractivity contribution in [1.29, 1.82) is 0 Å². The number of aromatic nitrogens is 3. The third-order valence-electron chi connectivity index (χ3n) is 3.27. The molecule has 2 heterocycles. The molecule has 0 aliphatic heterocycles. The minimum absolute atomic E-state index is 0.565. The molecule has 0 aliphatic carbocycles. The fraction of sp³-hybridized carbons (Fsp3) is 0.200. The molecule has 0 unspecified atom stereocenters. The Morgan fingerprint density at radius 1 is 1.15 bits per heavy atom. The van der Waals surface area contributed by atoms with Crippen molar-refractivity contribution in [2.45, 2.75) is 13.8 Å². The van der Waals surface area contributed by atoms with Gasteiger partial charge in [0.25, 0.3) is 0 Å². The van der Waals surface area contributed by atoms with Crippen molar-refractivity contribution < 1.29 is 4.74 Å². The molecule has 0 aliphatic rings. The van der Waals surface area contributed by atoms with Crippen LogP contribution in [0.3, 0.4) is 0 Å². The van der Waals surface area contributed by atoms with Crippen LogP contribution < -0.4 is 4.74 Å². The zero-order valence-corrected chi connectivity index (χ0v) is 12.3. The van der Waals surface area contributed by atoms with Gasteiger partial charge in [0.2, 0.25) is 0 Å². The highest BCUT2D eigenvalue weighted by atomic mass is 35.5. The Labute approximate surface area is 122 Å². The molecular formula is C15H14ClN3O. The normalized spacial score (nSPS) is 11.0. The summed E-state index contributed by atoms with van der Waals surface area (Å²) in [5, 5.41) is 5.13. The predicted octanol–water partition coefficient (Wildman–Crippen LogP) is 3.68. The topological polar surface area (TPSA) is 39.4 Å². The summed E-state index contributed by atoms with van der Waals surface area (Å²) in [4.78, 5) is 4.51. The number of aryl methyl sites for hydroxylation is 2. The van der Waals surface area contributed by atoms with Gasteiger partial charge in [-0.2, -0.15) is 5.10 Å². The van der Waals surface area contributed by atoms with E-state index < -0.39 is 0 Å². The van der Waals surface area contributed by atoms with E-state index in [1.807, 2.05) is 38.1 Å². The lowest BCUT2D eigenvalue weighted by atomic mass is 10.1. The summed E-state index contributed by atoms with van der Waals surface area (Å²) in [5.74, 6) is 0.821. The Bertz CT molecular complexity index is 778. The molecule has 0 N–H and O–H groups in total. The first-order valence-electron chi connectivity index (χ1n) is 6.27. The summed E-state index contributed by atoms with van der Waals surface area (Å²) >= 11 is 6.22. The fourth-order valence-electron chi connectivity index (χ4n) is 2.22. The van der Waals surface area contributed by atoms with E-state index >= 15 is 0 Å². The van der Waals surface area contributed by atoms with Gasteiger partial charge in [-0.15, -0.1) is 0 Å². The van der Waals surface area contributed by atoms with E-state index in [0.717, 1.165) is 33.9 Å². The van der Waals surface area contributed by atoms with E-state index in [1.165, 1.54) is 0 Å². The Morgan fingerprint density at radius 3 is 2.50 bits per heavy atom. The maximum atomic E-state index is 6.22. The lowest BCUT2D eigenvalue weighted by Crippen LogP contribution is -1.94. The smallest absolute Gasteiger partial charge is 0.160 e. The lowest BCUT2D eigenvalue weighted by Gasteiger charge is -2.01. The highest BCUT2D eigenvalue weighted by molar-refractivity contribution is 6.29. The fourth-order valence-corrected chi connectivity index (χ4v) is 2.50. The molecule has 2 aromatic heterocycles. The van der Waals surface area contributed by atoms with Crippen molar-refractivity contribution in [3.05, 3.63) is 46.7 Å². The molecular weight excluding hydrogens is 274 g/mol. The van der Waals surface area contributed by atoms with Gasteiger partial charge in [-0.1, -0.05) is 11.6 Å². The van der Waals surface area contributed by atoms with Crippen LogP contribution in [0, 0.1) is 13.8 Å². The second kappa shape index (κ2) is 4.80. The minimum Gasteiger partial charge on any atom is -0.497 e. The Balaban J connectivity index is 2.20. The molecule has 102 valence electrons. The minimum atomic E-state index is 0.565. The van der Waals surface area contributed by atoms with Crippen molar-refractivity contribution in [3.8, 4) is 17.0 Å². The summed E-state index contributed by atoms with van der Waals surface area (Å²) in [6.45, 7) is 3.93. The van der Waals surface area contributed by atoms with Gasteiger partial charge in [0.1, 0.15) is 10.9 Å². The zero-order valence-electron chi connectivity index (χ0n) is 11.5. The molecule has 20 heavy (non-hydrogen) atoms. The maximum Gasteiger partial charge on any atom is 0.160 e. The summed E-state index contributed by atoms with van der Waals surface area (Å²) in [7, 11) is 1.65. The number of methoxy groups -OCH3 is 1. The monoisotopic (exact) mass is 287 g/mol. The number of benzene rings is 1. The molecule has 0 atom stereocenters. The van der Waals surface area contributed by atoms with Crippen molar-refractivity contribution in [3.63, 3.8) is 0 Å². The van der Waals surface area contributed by atoms with Crippen LogP contribution in [0.25, 0.3) is 16.9 Å². The average molecular weight is 288 g/mol. The quantitative estimate of drug-likeness (QED) is 0.675. The SMILES string of the molecule is COc1ccc(-c2nn3c(Cl)cc(C)nc3c2C)cc1. The number of ether oxygens (including phenoxy) is 1. The molecule has 0 fully saturated rings. The zero-order chi connectivity index (χ0) is 14.3. The Kier molecular flexibility index (Phi) is 3.10. The second-order valence-electron chi connectivity index (χ2n) is 4.66. The van der Waals surface area contributed by atoms with Crippen molar-refractivity contribution in [2.24, 2.45) is 0 Å². The molecule has 0 radical (unpaired) electrons. The third-order valence-corrected chi connectivity index (χ3v) is 3.54. The Hall–Kier alpha value is -2.07. The average Bonchev–Trinajstić information content (AvgIpc) is 2.77. The van der Waals surface area contributed by atoms with Crippen LogP contribution in [0.5, 0.6) is 5.75 Å². The van der Waals surface area contributed by atoms with Gasteiger partial charge in [-0.25, -0.2) is 9.50 Å². The summed E-state index contributed by atoms with van der Waals surface area (Å²) < 4.78 is 6.84. The number of rotatable bonds is 2. The largest absolute Gasteiger partial charge is 0.497 e. The molecule has 0 saturated heterocycles. The predicted molar refractivity (Wildman–Crippen MR) is 79.5 cm³/mol. The number of nitrogens with zero attached hydrogens (tertiary/aromatic N) is 3. The van der Waals surface area contributed by atoms with Crippen LogP contribution in [-0.4, -0.2) is 21.7 Å². The van der Waals surface area contributed by atoms with Gasteiger partial charge in [0.15, 0.2) is 5.65 Å². The number of halogens is 1. The second-order valence-corrected chi connectivity index (χ2v) is 5.05. The van der Waals surface area contributed by atoms with E-state index in [9.17, 15) is 0 Å². The molecule has 3 rings (SSSR count). The molecule has 4 nitrogen and oxygen atoms in total. The number of hydrogen-bond donors (Lipinski definition) is 0. The van der Waals surface area contributed by atoms with Gasteiger partial charge in [-0.05, 0) is 44.2 Å². The van der Waals surface area contributed by atoms with Crippen LogP contribution in [-0.2, 0) is 0 Å². The highest BCUT2D eigenvalue weighted by Crippen LogP contribution is 2.28. The van der Waals surface area contributed by atoms with Gasteiger partial charge in [0.05, 0.1) is 12.8 Å². The van der Waals surface area contributed by atoms with E-state index in [1.54, 1.807) is 17.7 Å². The van der Waals surface area contributed by atoms with Gasteiger partial charge < -0.3 is 4.74 Å². The summed E-state index contributed by atoms with van der Waals surface area (Å²) in [6.07, 6.45) is 0. The van der Waals surface area contributed by atoms with E-state index in [4.69, 9.17) is 16.3 Å². The van der Waals surface area contributed by atoms with Crippen LogP contribution in [0.15, 0.2) is 30.3 Å². The molecule has 1 aromatic carbocycles. The summed E-state index contributed by atoms with van der Waals surface area (Å²) in [5.41, 5.74) is 4.59. The lowest BCUT2D eigenvalue weighted by molar-refractivity contribution is 0.415. The number of hydrogen-bond acceptors (Lipinski definition) is 3. The highest BCUT2D eigenvalue weighted by Gasteiger charge is 2.14. The molecule has 3 aromatic rings. The molecule has 5 heteroatoms.